The van der Waals surface area contributed by atoms with Crippen molar-refractivity contribution in [2.45, 2.75) is 13.5 Å². The van der Waals surface area contributed by atoms with Crippen molar-refractivity contribution in [2.24, 2.45) is 0 Å². The largest absolute Gasteiger partial charge is 0.492 e. The Bertz CT molecular complexity index is 302. The van der Waals surface area contributed by atoms with Gasteiger partial charge < -0.3 is 15.0 Å². The molecule has 0 radical (unpaired) electrons. The van der Waals surface area contributed by atoms with Crippen molar-refractivity contribution in [3.8, 4) is 5.75 Å². The average Bonchev–Trinajstić information content (AvgIpc) is 2.27. The number of nitrogens with one attached hydrogen (secondary N) is 1. The molecule has 1 aromatic heterocycles. The van der Waals surface area contributed by atoms with E-state index in [1.54, 1.807) is 6.20 Å². The van der Waals surface area contributed by atoms with Crippen LogP contribution in [0.2, 0.25) is 0 Å². The molecule has 0 aliphatic rings. The zero-order chi connectivity index (χ0) is 11.8. The van der Waals surface area contributed by atoms with E-state index in [9.17, 15) is 0 Å². The van der Waals surface area contributed by atoms with Crippen LogP contribution in [-0.2, 0) is 6.54 Å². The van der Waals surface area contributed by atoms with E-state index in [1.165, 1.54) is 0 Å². The highest BCUT2D eigenvalue weighted by atomic mass is 16.5. The molecule has 0 aromatic carbocycles. The van der Waals surface area contributed by atoms with Crippen molar-refractivity contribution in [3.05, 3.63) is 24.0 Å². The number of hydrogen-bond acceptors (Lipinski definition) is 4. The van der Waals surface area contributed by atoms with Crippen LogP contribution >= 0.6 is 0 Å². The Balaban J connectivity index is 2.49. The van der Waals surface area contributed by atoms with E-state index in [1.807, 2.05) is 26.4 Å². The second-order valence-corrected chi connectivity index (χ2v) is 3.92. The van der Waals surface area contributed by atoms with E-state index in [2.05, 4.69) is 22.1 Å². The first kappa shape index (κ1) is 12.9. The first-order valence-corrected chi connectivity index (χ1v) is 5.65. The molecular weight excluding hydrogens is 202 g/mol. The molecule has 0 saturated carbocycles. The molecule has 16 heavy (non-hydrogen) atoms. The lowest BCUT2D eigenvalue weighted by molar-refractivity contribution is 0.259. The molecule has 4 heteroatoms. The normalized spacial score (nSPS) is 10.8. The van der Waals surface area contributed by atoms with Crippen LogP contribution in [0.5, 0.6) is 5.75 Å². The molecule has 90 valence electrons. The molecule has 1 N–H and O–H groups in total. The molecule has 0 spiro atoms. The summed E-state index contributed by atoms with van der Waals surface area (Å²) >= 11 is 0. The fourth-order valence-corrected chi connectivity index (χ4v) is 1.29. The lowest BCUT2D eigenvalue weighted by atomic mass is 10.2. The third-order valence-corrected chi connectivity index (χ3v) is 2.22. The van der Waals surface area contributed by atoms with Crippen molar-refractivity contribution >= 4 is 0 Å². The summed E-state index contributed by atoms with van der Waals surface area (Å²) in [5.74, 6) is 0.929. The van der Waals surface area contributed by atoms with Crippen LogP contribution in [0.4, 0.5) is 0 Å². The molecule has 0 unspecified atom stereocenters. The van der Waals surface area contributed by atoms with E-state index in [4.69, 9.17) is 4.74 Å². The van der Waals surface area contributed by atoms with Gasteiger partial charge >= 0.3 is 0 Å². The fourth-order valence-electron chi connectivity index (χ4n) is 1.29. The SMILES string of the molecule is CCNCc1cnccc1OCCN(C)C. The standard InChI is InChI=1S/C12H21N3O/c1-4-13-9-11-10-14-6-5-12(11)16-8-7-15(2)3/h5-6,10,13H,4,7-9H2,1-3H3. The molecule has 0 amide bonds. The molecule has 1 heterocycles. The Morgan fingerprint density at radius 1 is 1.44 bits per heavy atom. The topological polar surface area (TPSA) is 37.4 Å². The van der Waals surface area contributed by atoms with E-state index in [-0.39, 0.29) is 0 Å². The predicted octanol–water partition coefficient (Wildman–Crippen LogP) is 1.13. The van der Waals surface area contributed by atoms with Gasteiger partial charge in [0.1, 0.15) is 12.4 Å². The van der Waals surface area contributed by atoms with Gasteiger partial charge in [-0.3, -0.25) is 4.98 Å². The quantitative estimate of drug-likeness (QED) is 0.752. The average molecular weight is 223 g/mol. The first-order chi connectivity index (χ1) is 7.74. The summed E-state index contributed by atoms with van der Waals surface area (Å²) in [5, 5.41) is 3.27. The number of ether oxygens (including phenoxy) is 1. The third kappa shape index (κ3) is 4.59. The van der Waals surface area contributed by atoms with Gasteiger partial charge in [-0.25, -0.2) is 0 Å². The zero-order valence-corrected chi connectivity index (χ0v) is 10.4. The van der Waals surface area contributed by atoms with Gasteiger partial charge in [-0.1, -0.05) is 6.92 Å². The van der Waals surface area contributed by atoms with E-state index >= 15 is 0 Å². The minimum atomic E-state index is 0.705. The van der Waals surface area contributed by atoms with E-state index in [0.717, 1.165) is 30.9 Å². The first-order valence-electron chi connectivity index (χ1n) is 5.65. The van der Waals surface area contributed by atoms with Crippen molar-refractivity contribution in [1.82, 2.24) is 15.2 Å². The summed E-state index contributed by atoms with van der Waals surface area (Å²) in [6.07, 6.45) is 3.62. The van der Waals surface area contributed by atoms with Gasteiger partial charge in [-0.05, 0) is 26.7 Å². The van der Waals surface area contributed by atoms with Gasteiger partial charge in [-0.2, -0.15) is 0 Å². The van der Waals surface area contributed by atoms with Crippen LogP contribution in [0, 0.1) is 0 Å². The van der Waals surface area contributed by atoms with E-state index < -0.39 is 0 Å². The number of aromatic nitrogens is 1. The Morgan fingerprint density at radius 3 is 2.94 bits per heavy atom. The maximum atomic E-state index is 5.72. The Hall–Kier alpha value is -1.13. The van der Waals surface area contributed by atoms with Gasteiger partial charge in [0.25, 0.3) is 0 Å². The van der Waals surface area contributed by atoms with Crippen LogP contribution < -0.4 is 10.1 Å². The highest BCUT2D eigenvalue weighted by Crippen LogP contribution is 2.15. The number of likely N-dealkylation sites (N-methyl/N-ethyl adjacent to an activating group) is 1. The van der Waals surface area contributed by atoms with Gasteiger partial charge in [0, 0.05) is 31.0 Å². The van der Waals surface area contributed by atoms with Gasteiger partial charge in [0.2, 0.25) is 0 Å². The fraction of sp³-hybridized carbons (Fsp3) is 0.583. The van der Waals surface area contributed by atoms with Crippen molar-refractivity contribution in [1.29, 1.82) is 0 Å². The zero-order valence-electron chi connectivity index (χ0n) is 10.4. The Labute approximate surface area is 97.6 Å². The lowest BCUT2D eigenvalue weighted by Gasteiger charge is -2.13. The molecule has 1 aromatic rings. The van der Waals surface area contributed by atoms with Crippen LogP contribution in [0.3, 0.4) is 0 Å². The lowest BCUT2D eigenvalue weighted by Crippen LogP contribution is -2.20. The molecule has 0 fully saturated rings. The monoisotopic (exact) mass is 223 g/mol. The molecule has 0 aliphatic heterocycles. The second-order valence-electron chi connectivity index (χ2n) is 3.92. The number of nitrogens with zero attached hydrogens (tertiary/aromatic N) is 2. The van der Waals surface area contributed by atoms with Crippen LogP contribution in [0.1, 0.15) is 12.5 Å². The molecule has 0 bridgehead atoms. The molecule has 0 aliphatic carbocycles. The summed E-state index contributed by atoms with van der Waals surface area (Å²) in [6, 6.07) is 1.92. The highest BCUT2D eigenvalue weighted by molar-refractivity contribution is 5.29. The number of pyridine rings is 1. The minimum absolute atomic E-state index is 0.705. The Kier molecular flexibility index (Phi) is 5.82. The number of rotatable bonds is 7. The number of hydrogen-bond donors (Lipinski definition) is 1. The van der Waals surface area contributed by atoms with Crippen molar-refractivity contribution in [2.75, 3.05) is 33.8 Å². The maximum absolute atomic E-state index is 5.72. The maximum Gasteiger partial charge on any atom is 0.126 e. The summed E-state index contributed by atoms with van der Waals surface area (Å²) in [7, 11) is 4.07. The second kappa shape index (κ2) is 7.19. The minimum Gasteiger partial charge on any atom is -0.492 e. The molecule has 0 saturated heterocycles. The third-order valence-electron chi connectivity index (χ3n) is 2.22. The van der Waals surface area contributed by atoms with Crippen LogP contribution in [0.15, 0.2) is 18.5 Å². The molecule has 0 atom stereocenters. The van der Waals surface area contributed by atoms with Gasteiger partial charge in [-0.15, -0.1) is 0 Å². The highest BCUT2D eigenvalue weighted by Gasteiger charge is 2.02. The van der Waals surface area contributed by atoms with Crippen LogP contribution in [0.25, 0.3) is 0 Å². The molecular formula is C12H21N3O. The van der Waals surface area contributed by atoms with Crippen LogP contribution in [-0.4, -0.2) is 43.7 Å². The summed E-state index contributed by atoms with van der Waals surface area (Å²) < 4.78 is 5.72. The van der Waals surface area contributed by atoms with Gasteiger partial charge in [0.15, 0.2) is 0 Å². The van der Waals surface area contributed by atoms with Crippen molar-refractivity contribution in [3.63, 3.8) is 0 Å². The predicted molar refractivity (Wildman–Crippen MR) is 65.7 cm³/mol. The molecule has 1 rings (SSSR count). The smallest absolute Gasteiger partial charge is 0.126 e. The molecule has 4 nitrogen and oxygen atoms in total. The van der Waals surface area contributed by atoms with Crippen molar-refractivity contribution < 1.29 is 4.74 Å². The Morgan fingerprint density at radius 2 is 2.25 bits per heavy atom. The summed E-state index contributed by atoms with van der Waals surface area (Å²) in [4.78, 5) is 6.21. The summed E-state index contributed by atoms with van der Waals surface area (Å²) in [6.45, 7) is 5.47. The summed E-state index contributed by atoms with van der Waals surface area (Å²) in [5.41, 5.74) is 1.11. The van der Waals surface area contributed by atoms with E-state index in [0.29, 0.717) is 6.61 Å². The van der Waals surface area contributed by atoms with Gasteiger partial charge in [0.05, 0.1) is 0 Å².